The van der Waals surface area contributed by atoms with Crippen molar-refractivity contribution in [2.24, 2.45) is 0 Å². The van der Waals surface area contributed by atoms with Crippen LogP contribution in [0, 0.1) is 47.6 Å². The van der Waals surface area contributed by atoms with Crippen LogP contribution in [0.3, 0.4) is 0 Å². The zero-order valence-corrected chi connectivity index (χ0v) is 26.4. The van der Waals surface area contributed by atoms with Crippen molar-refractivity contribution in [3.8, 4) is 0 Å². The van der Waals surface area contributed by atoms with Crippen molar-refractivity contribution >= 4 is 0 Å². The summed E-state index contributed by atoms with van der Waals surface area (Å²) in [6.45, 7) is 17.8. The molecule has 0 spiro atoms. The number of hydrogen-bond acceptors (Lipinski definition) is 0. The molecule has 3 aromatic carbocycles. The van der Waals surface area contributed by atoms with Gasteiger partial charge in [0.15, 0.2) is 0 Å². The molecule has 1 aliphatic rings. The fourth-order valence-corrected chi connectivity index (χ4v) is 5.87. The Labute approximate surface area is 252 Å². The van der Waals surface area contributed by atoms with Crippen molar-refractivity contribution in [1.82, 2.24) is 0 Å². The van der Waals surface area contributed by atoms with E-state index < -0.39 is 0 Å². The zero-order valence-electron chi connectivity index (χ0n) is 22.5. The Kier molecular flexibility index (Phi) is 13.0. The van der Waals surface area contributed by atoms with E-state index in [0.29, 0.717) is 0 Å². The molecular weight excluding hydrogens is 539 g/mol. The Morgan fingerprint density at radius 1 is 0.500 bits per heavy atom. The van der Waals surface area contributed by atoms with Crippen molar-refractivity contribution in [3.63, 3.8) is 0 Å². The van der Waals surface area contributed by atoms with Crippen LogP contribution in [0.4, 0.5) is 0 Å². The molecule has 0 fully saturated rings. The van der Waals surface area contributed by atoms with Crippen LogP contribution in [0.5, 0.6) is 0 Å². The second-order valence-corrected chi connectivity index (χ2v) is 10.0. The monoisotopic (exact) mass is 572 g/mol. The molecule has 0 aliphatic heterocycles. The van der Waals surface area contributed by atoms with Crippen LogP contribution in [0.1, 0.15) is 70.3 Å². The minimum Gasteiger partial charge on any atom is -1.00 e. The van der Waals surface area contributed by atoms with E-state index in [-0.39, 0.29) is 64.4 Å². The molecule has 188 valence electrons. The summed E-state index contributed by atoms with van der Waals surface area (Å²) in [5.74, 6) is 0. The number of halogens is 3. The predicted octanol–water partition coefficient (Wildman–Crippen LogP) is -0.649. The summed E-state index contributed by atoms with van der Waals surface area (Å²) in [7, 11) is 0. The molecule has 0 N–H and O–H groups in total. The molecular formula is C32H35Cl3Ti. The molecule has 3 aromatic rings. The van der Waals surface area contributed by atoms with Gasteiger partial charge in [0.2, 0.25) is 0 Å². The Balaban J connectivity index is 0.00000306. The number of allylic oxidation sites excluding steroid dienone is 4. The third-order valence-corrected chi connectivity index (χ3v) is 6.76. The molecule has 36 heavy (non-hydrogen) atoms. The zero-order chi connectivity index (χ0) is 23.2. The molecule has 0 saturated carbocycles. The predicted molar refractivity (Wildman–Crippen MR) is 137 cm³/mol. The molecule has 0 unspecified atom stereocenters. The van der Waals surface area contributed by atoms with Gasteiger partial charge in [-0.2, -0.15) is 11.1 Å². The molecule has 0 bridgehead atoms. The van der Waals surface area contributed by atoms with Gasteiger partial charge in [-0.1, -0.05) is 102 Å². The van der Waals surface area contributed by atoms with Gasteiger partial charge in [-0.3, -0.25) is 6.08 Å². The number of hydrogen-bond donors (Lipinski definition) is 0. The molecule has 0 aromatic heterocycles. The molecule has 0 radical (unpaired) electrons. The molecule has 0 amide bonds. The van der Waals surface area contributed by atoms with E-state index in [9.17, 15) is 0 Å². The van der Waals surface area contributed by atoms with E-state index in [1.807, 2.05) is 0 Å². The van der Waals surface area contributed by atoms with E-state index >= 15 is 0 Å². The molecule has 1 aliphatic carbocycles. The Hall–Kier alpha value is -1.28. The largest absolute Gasteiger partial charge is 4.00 e. The van der Waals surface area contributed by atoms with Gasteiger partial charge in [0, 0.05) is 5.41 Å². The summed E-state index contributed by atoms with van der Waals surface area (Å²) in [5.41, 5.74) is 15.6. The minimum atomic E-state index is -0.373. The second kappa shape index (κ2) is 13.5. The topological polar surface area (TPSA) is 0 Å². The van der Waals surface area contributed by atoms with Gasteiger partial charge in [0.1, 0.15) is 0 Å². The van der Waals surface area contributed by atoms with Crippen molar-refractivity contribution in [1.29, 1.82) is 0 Å². The molecule has 0 saturated heterocycles. The van der Waals surface area contributed by atoms with Crippen LogP contribution in [-0.4, -0.2) is 0 Å². The van der Waals surface area contributed by atoms with Crippen LogP contribution in [0.25, 0.3) is 0 Å². The van der Waals surface area contributed by atoms with E-state index in [2.05, 4.69) is 116 Å². The van der Waals surface area contributed by atoms with E-state index in [4.69, 9.17) is 0 Å². The summed E-state index contributed by atoms with van der Waals surface area (Å²) in [6.07, 6.45) is 4.57. The maximum Gasteiger partial charge on any atom is 4.00 e. The fraction of sp³-hybridized carbons (Fsp3) is 0.312. The Morgan fingerprint density at radius 2 is 0.778 bits per heavy atom. The first kappa shape index (κ1) is 34.7. The minimum absolute atomic E-state index is 0. The number of rotatable bonds is 4. The van der Waals surface area contributed by atoms with Gasteiger partial charge in [-0.25, -0.2) is 5.57 Å². The maximum atomic E-state index is 3.66. The van der Waals surface area contributed by atoms with Gasteiger partial charge < -0.3 is 37.2 Å². The summed E-state index contributed by atoms with van der Waals surface area (Å²) in [6, 6.07) is 21.2. The molecule has 4 rings (SSSR count). The normalized spacial score (nSPS) is 12.6. The van der Waals surface area contributed by atoms with Gasteiger partial charge in [-0.05, 0) is 58.2 Å². The first-order valence-corrected chi connectivity index (χ1v) is 11.7. The van der Waals surface area contributed by atoms with Gasteiger partial charge in [0.25, 0.3) is 0 Å². The summed E-state index contributed by atoms with van der Waals surface area (Å²) < 4.78 is 0. The number of aryl methyl sites for hydroxylation is 6. The molecule has 0 nitrogen and oxygen atoms in total. The summed E-state index contributed by atoms with van der Waals surface area (Å²) in [5, 5.41) is 0. The quantitative estimate of drug-likeness (QED) is 0.221. The van der Waals surface area contributed by atoms with Gasteiger partial charge in [0.05, 0.1) is 0 Å². The van der Waals surface area contributed by atoms with E-state index in [0.717, 1.165) is 6.42 Å². The van der Waals surface area contributed by atoms with Crippen molar-refractivity contribution in [2.45, 2.75) is 67.2 Å². The van der Waals surface area contributed by atoms with Crippen LogP contribution in [0.2, 0.25) is 0 Å². The van der Waals surface area contributed by atoms with Crippen LogP contribution >= 0.6 is 0 Å². The number of benzene rings is 3. The van der Waals surface area contributed by atoms with Crippen molar-refractivity contribution in [3.05, 3.63) is 127 Å². The van der Waals surface area contributed by atoms with Gasteiger partial charge >= 0.3 is 21.7 Å². The maximum absolute atomic E-state index is 3.66. The van der Waals surface area contributed by atoms with Crippen molar-refractivity contribution < 1.29 is 58.9 Å². The van der Waals surface area contributed by atoms with E-state index in [1.165, 1.54) is 66.8 Å². The first-order chi connectivity index (χ1) is 15.1. The van der Waals surface area contributed by atoms with Gasteiger partial charge in [-0.15, -0.1) is 6.42 Å². The van der Waals surface area contributed by atoms with Crippen LogP contribution in [-0.2, 0) is 27.1 Å². The Morgan fingerprint density at radius 3 is 1.00 bits per heavy atom. The fourth-order valence-electron chi connectivity index (χ4n) is 5.87. The van der Waals surface area contributed by atoms with E-state index in [1.54, 1.807) is 0 Å². The average Bonchev–Trinajstić information content (AvgIpc) is 3.00. The molecule has 0 heterocycles. The second-order valence-electron chi connectivity index (χ2n) is 10.0. The first-order valence-electron chi connectivity index (χ1n) is 11.7. The van der Waals surface area contributed by atoms with Crippen molar-refractivity contribution in [2.75, 3.05) is 0 Å². The molecule has 4 heteroatoms. The average molecular weight is 574 g/mol. The standard InChI is InChI=1S/C32H35.3ClH.Ti/c1-20-11-21(2)15-28(14-20)32(31-26(7)9-10-27(31)8,29-16-22(3)12-23(4)17-29)30-18-24(5)13-25(6)19-30;;;;/h11-19H,9H2,1-8H3;3*1H;/q-1;;;;+4/p-3. The molecule has 0 atom stereocenters. The Bertz CT molecular complexity index is 1100. The van der Waals surface area contributed by atoms with Crippen LogP contribution in [0.15, 0.2) is 71.3 Å². The smallest absolute Gasteiger partial charge is 1.00 e. The summed E-state index contributed by atoms with van der Waals surface area (Å²) >= 11 is 0. The third kappa shape index (κ3) is 6.40. The van der Waals surface area contributed by atoms with Crippen LogP contribution < -0.4 is 37.2 Å². The third-order valence-electron chi connectivity index (χ3n) is 6.76. The SMILES string of the molecule is CC1=[C-]CC(C)=C1C(c1cc(C)cc(C)c1)(c1cc(C)cc(C)c1)c1cc(C)cc(C)c1.[Cl-].[Cl-].[Cl-].[Ti+4]. The summed E-state index contributed by atoms with van der Waals surface area (Å²) in [4.78, 5) is 0.